The zero-order valence-corrected chi connectivity index (χ0v) is 12.1. The molecule has 2 N–H and O–H groups in total. The minimum absolute atomic E-state index is 0.560. The Morgan fingerprint density at radius 3 is 2.58 bits per heavy atom. The van der Waals surface area contributed by atoms with Crippen LogP contribution in [-0.2, 0) is 6.54 Å². The lowest BCUT2D eigenvalue weighted by Gasteiger charge is -2.22. The Balaban J connectivity index is 1.60. The van der Waals surface area contributed by atoms with E-state index in [2.05, 4.69) is 52.2 Å². The molecule has 1 aromatic heterocycles. The van der Waals surface area contributed by atoms with E-state index >= 15 is 0 Å². The van der Waals surface area contributed by atoms with Crippen LogP contribution in [0, 0.1) is 5.92 Å². The van der Waals surface area contributed by atoms with Crippen LogP contribution < -0.4 is 10.9 Å². The lowest BCUT2D eigenvalue weighted by Crippen LogP contribution is -2.30. The van der Waals surface area contributed by atoms with E-state index in [0.717, 1.165) is 26.1 Å². The van der Waals surface area contributed by atoms with Crippen LogP contribution in [0.2, 0.25) is 0 Å². The zero-order valence-electron chi connectivity index (χ0n) is 12.1. The molecular weight excluding hydrogens is 242 g/mol. The van der Waals surface area contributed by atoms with Crippen molar-refractivity contribution in [3.63, 3.8) is 0 Å². The van der Waals surface area contributed by atoms with Crippen LogP contribution in [0.4, 0.5) is 0 Å². The van der Waals surface area contributed by atoms with Crippen molar-refractivity contribution in [2.45, 2.75) is 45.3 Å². The first kappa shape index (κ1) is 14.4. The van der Waals surface area contributed by atoms with Gasteiger partial charge >= 0.3 is 0 Å². The monoisotopic (exact) mass is 267 g/mol. The first-order valence-corrected chi connectivity index (χ1v) is 7.07. The number of nitrogens with one attached hydrogen (secondary N) is 2. The highest BCUT2D eigenvalue weighted by molar-refractivity contribution is 4.85. The van der Waals surface area contributed by atoms with Gasteiger partial charge in [0.15, 0.2) is 0 Å². The quantitative estimate of drug-likeness (QED) is 0.718. The van der Waals surface area contributed by atoms with Crippen LogP contribution in [0.25, 0.3) is 0 Å². The number of nitrogens with zero attached hydrogens (tertiary/aromatic N) is 5. The Kier molecular flexibility index (Phi) is 5.24. The van der Waals surface area contributed by atoms with Crippen molar-refractivity contribution < 1.29 is 0 Å². The molecule has 7 nitrogen and oxygen atoms in total. The average molecular weight is 267 g/mol. The van der Waals surface area contributed by atoms with Crippen molar-refractivity contribution in [2.75, 3.05) is 20.1 Å². The summed E-state index contributed by atoms with van der Waals surface area (Å²) in [7, 11) is 2.19. The predicted molar refractivity (Wildman–Crippen MR) is 73.2 cm³/mol. The van der Waals surface area contributed by atoms with Gasteiger partial charge in [0.05, 0.1) is 0 Å². The molecule has 1 saturated heterocycles. The molecular formula is C12H25N7. The summed E-state index contributed by atoms with van der Waals surface area (Å²) in [4.78, 5) is 2.39. The van der Waals surface area contributed by atoms with Crippen LogP contribution in [0.3, 0.4) is 0 Å². The number of hydrogen-bond acceptors (Lipinski definition) is 6. The number of hydrogen-bond donors (Lipinski definition) is 2. The molecule has 2 unspecified atom stereocenters. The molecule has 0 spiro atoms. The Labute approximate surface area is 114 Å². The largest absolute Gasteiger partial charge is 0.306 e. The third kappa shape index (κ3) is 4.22. The molecule has 19 heavy (non-hydrogen) atoms. The van der Waals surface area contributed by atoms with E-state index in [0.29, 0.717) is 18.0 Å². The van der Waals surface area contributed by atoms with E-state index in [4.69, 9.17) is 0 Å². The van der Waals surface area contributed by atoms with Crippen molar-refractivity contribution in [2.24, 2.45) is 5.92 Å². The molecule has 0 radical (unpaired) electrons. The van der Waals surface area contributed by atoms with E-state index in [-0.39, 0.29) is 0 Å². The van der Waals surface area contributed by atoms with E-state index in [9.17, 15) is 0 Å². The fraction of sp³-hybridized carbons (Fsp3) is 0.917. The maximum Gasteiger partial charge on any atom is 0.138 e. The summed E-state index contributed by atoms with van der Waals surface area (Å²) < 4.78 is 1.78. The zero-order chi connectivity index (χ0) is 13.7. The average Bonchev–Trinajstić information content (AvgIpc) is 2.99. The Hall–Kier alpha value is -1.05. The van der Waals surface area contributed by atoms with E-state index in [1.807, 2.05) is 0 Å². The fourth-order valence-electron chi connectivity index (χ4n) is 2.68. The van der Waals surface area contributed by atoms with Crippen molar-refractivity contribution >= 4 is 0 Å². The topological polar surface area (TPSA) is 70.9 Å². The second kappa shape index (κ2) is 6.93. The van der Waals surface area contributed by atoms with E-state index in [1.165, 1.54) is 6.42 Å². The molecule has 1 aromatic rings. The normalized spacial score (nSPS) is 27.3. The molecule has 108 valence electrons. The van der Waals surface area contributed by atoms with Gasteiger partial charge in [-0.1, -0.05) is 0 Å². The molecule has 0 amide bonds. The van der Waals surface area contributed by atoms with Crippen LogP contribution in [-0.4, -0.2) is 57.3 Å². The van der Waals surface area contributed by atoms with Crippen LogP contribution in [0.1, 0.15) is 26.7 Å². The molecule has 7 heteroatoms. The third-order valence-corrected chi connectivity index (χ3v) is 3.99. The summed E-state index contributed by atoms with van der Waals surface area (Å²) in [6.07, 6.45) is 3.97. The van der Waals surface area contributed by atoms with Gasteiger partial charge in [0, 0.05) is 18.6 Å². The lowest BCUT2D eigenvalue weighted by molar-refractivity contribution is 0.276. The van der Waals surface area contributed by atoms with Crippen molar-refractivity contribution in [1.82, 2.24) is 36.0 Å². The summed E-state index contributed by atoms with van der Waals surface area (Å²) in [6, 6.07) is 1.12. The highest BCUT2D eigenvalue weighted by Crippen LogP contribution is 2.18. The van der Waals surface area contributed by atoms with Gasteiger partial charge < -0.3 is 4.90 Å². The molecule has 2 heterocycles. The summed E-state index contributed by atoms with van der Waals surface area (Å²) >= 11 is 0. The maximum absolute atomic E-state index is 3.86. The predicted octanol–water partition coefficient (Wildman–Crippen LogP) is -0.114. The van der Waals surface area contributed by atoms with Crippen molar-refractivity contribution in [3.05, 3.63) is 6.33 Å². The van der Waals surface area contributed by atoms with Gasteiger partial charge in [-0.3, -0.25) is 10.9 Å². The second-order valence-electron chi connectivity index (χ2n) is 5.55. The Morgan fingerprint density at radius 2 is 1.95 bits per heavy atom. The maximum atomic E-state index is 3.86. The third-order valence-electron chi connectivity index (χ3n) is 3.99. The molecule has 0 saturated carbocycles. The molecule has 1 aliphatic heterocycles. The van der Waals surface area contributed by atoms with Gasteiger partial charge in [0.1, 0.15) is 6.33 Å². The smallest absolute Gasteiger partial charge is 0.138 e. The summed E-state index contributed by atoms with van der Waals surface area (Å²) in [5.41, 5.74) is 6.62. The van der Waals surface area contributed by atoms with Gasteiger partial charge in [0.25, 0.3) is 0 Å². The number of tetrazole rings is 1. The molecule has 0 aromatic carbocycles. The summed E-state index contributed by atoms with van der Waals surface area (Å²) in [6.45, 7) is 7.60. The van der Waals surface area contributed by atoms with Gasteiger partial charge in [0.2, 0.25) is 0 Å². The first-order chi connectivity index (χ1) is 9.16. The minimum atomic E-state index is 0.560. The second-order valence-corrected chi connectivity index (χ2v) is 5.55. The number of aryl methyl sites for hydroxylation is 1. The lowest BCUT2D eigenvalue weighted by atomic mass is 9.93. The van der Waals surface area contributed by atoms with Gasteiger partial charge in [-0.05, 0) is 63.2 Å². The Morgan fingerprint density at radius 1 is 1.21 bits per heavy atom. The van der Waals surface area contributed by atoms with E-state index < -0.39 is 0 Å². The molecule has 0 aliphatic carbocycles. The molecule has 1 aliphatic rings. The van der Waals surface area contributed by atoms with Crippen molar-refractivity contribution in [1.29, 1.82) is 0 Å². The summed E-state index contributed by atoms with van der Waals surface area (Å²) in [5.74, 6) is 0.710. The Bertz CT molecular complexity index is 343. The first-order valence-electron chi connectivity index (χ1n) is 7.07. The van der Waals surface area contributed by atoms with E-state index in [1.54, 1.807) is 11.0 Å². The number of aromatic nitrogens is 4. The standard InChI is InChI=1S/C12H25N7/c1-10-12(11(2)15-14-10)5-8-18(3)6-4-7-19-9-13-16-17-19/h9-12,14-15H,4-8H2,1-3H3. The number of rotatable bonds is 7. The van der Waals surface area contributed by atoms with Gasteiger partial charge in [-0.15, -0.1) is 5.10 Å². The van der Waals surface area contributed by atoms with Gasteiger partial charge in [-0.25, -0.2) is 4.68 Å². The highest BCUT2D eigenvalue weighted by atomic mass is 15.5. The highest BCUT2D eigenvalue weighted by Gasteiger charge is 2.29. The fourth-order valence-corrected chi connectivity index (χ4v) is 2.68. The van der Waals surface area contributed by atoms with Crippen LogP contribution in [0.5, 0.6) is 0 Å². The van der Waals surface area contributed by atoms with Crippen LogP contribution >= 0.6 is 0 Å². The van der Waals surface area contributed by atoms with Crippen LogP contribution in [0.15, 0.2) is 6.33 Å². The molecule has 1 fully saturated rings. The molecule has 0 bridgehead atoms. The summed E-state index contributed by atoms with van der Waals surface area (Å²) in [5, 5.41) is 11.1. The van der Waals surface area contributed by atoms with Gasteiger partial charge in [-0.2, -0.15) is 0 Å². The van der Waals surface area contributed by atoms with Crippen molar-refractivity contribution in [3.8, 4) is 0 Å². The number of hydrazine groups is 1. The minimum Gasteiger partial charge on any atom is -0.306 e. The molecule has 2 rings (SSSR count). The molecule has 2 atom stereocenters. The SMILES string of the molecule is CC1NNC(C)C1CCN(C)CCCn1cnnn1.